The average molecular weight is 285 g/mol. The van der Waals surface area contributed by atoms with Gasteiger partial charge in [0.15, 0.2) is 0 Å². The number of nitrogens with one attached hydrogen (secondary N) is 1. The van der Waals surface area contributed by atoms with Crippen molar-refractivity contribution in [3.05, 3.63) is 39.6 Å². The summed E-state index contributed by atoms with van der Waals surface area (Å²) in [6.07, 6.45) is 0. The molecule has 0 fully saturated rings. The van der Waals surface area contributed by atoms with Gasteiger partial charge in [-0.15, -0.1) is 5.10 Å². The first-order valence-electron chi connectivity index (χ1n) is 5.59. The molecule has 2 rings (SSSR count). The highest BCUT2D eigenvalue weighted by Gasteiger charge is 2.16. The summed E-state index contributed by atoms with van der Waals surface area (Å²) in [5.41, 5.74) is 2.58. The van der Waals surface area contributed by atoms with E-state index in [0.717, 1.165) is 17.1 Å². The number of nitrogens with zero attached hydrogens (tertiary/aromatic N) is 3. The second kappa shape index (κ2) is 5.26. The van der Waals surface area contributed by atoms with E-state index < -0.39 is 0 Å². The topological polar surface area (TPSA) is 42.7 Å². The van der Waals surface area contributed by atoms with E-state index in [1.165, 1.54) is 0 Å². The SMILES string of the molecule is CNC(C)c1nnn(-c2cc(Cl)ccc2Cl)c1C. The minimum Gasteiger partial charge on any atom is -0.312 e. The maximum Gasteiger partial charge on any atom is 0.103 e. The molecule has 0 amide bonds. The van der Waals surface area contributed by atoms with Gasteiger partial charge in [-0.25, -0.2) is 4.68 Å². The van der Waals surface area contributed by atoms with E-state index in [-0.39, 0.29) is 6.04 Å². The number of halogens is 2. The Balaban J connectivity index is 2.52. The molecule has 1 heterocycles. The van der Waals surface area contributed by atoms with Crippen molar-refractivity contribution in [3.8, 4) is 5.69 Å². The van der Waals surface area contributed by atoms with E-state index in [9.17, 15) is 0 Å². The molecule has 2 aromatic rings. The zero-order chi connectivity index (χ0) is 13.3. The van der Waals surface area contributed by atoms with E-state index >= 15 is 0 Å². The lowest BCUT2D eigenvalue weighted by Gasteiger charge is -2.09. The summed E-state index contributed by atoms with van der Waals surface area (Å²) in [5, 5.41) is 12.7. The van der Waals surface area contributed by atoms with Crippen LogP contribution in [-0.4, -0.2) is 22.0 Å². The van der Waals surface area contributed by atoms with Crippen LogP contribution in [0, 0.1) is 6.92 Å². The van der Waals surface area contributed by atoms with Crippen LogP contribution < -0.4 is 5.32 Å². The Morgan fingerprint density at radius 3 is 2.72 bits per heavy atom. The average Bonchev–Trinajstić information content (AvgIpc) is 2.73. The highest BCUT2D eigenvalue weighted by atomic mass is 35.5. The van der Waals surface area contributed by atoms with Gasteiger partial charge in [0.2, 0.25) is 0 Å². The van der Waals surface area contributed by atoms with Crippen molar-refractivity contribution in [2.45, 2.75) is 19.9 Å². The molecular formula is C12H14Cl2N4. The van der Waals surface area contributed by atoms with Gasteiger partial charge in [0, 0.05) is 5.02 Å². The van der Waals surface area contributed by atoms with E-state index in [0.29, 0.717) is 10.0 Å². The largest absolute Gasteiger partial charge is 0.312 e. The molecule has 1 N–H and O–H groups in total. The minimum atomic E-state index is 0.136. The summed E-state index contributed by atoms with van der Waals surface area (Å²) in [6, 6.07) is 5.41. The molecule has 18 heavy (non-hydrogen) atoms. The van der Waals surface area contributed by atoms with Crippen molar-refractivity contribution < 1.29 is 0 Å². The van der Waals surface area contributed by atoms with Crippen LogP contribution in [0.2, 0.25) is 10.0 Å². The van der Waals surface area contributed by atoms with Gasteiger partial charge in [0.25, 0.3) is 0 Å². The predicted octanol–water partition coefficient (Wildman–Crippen LogP) is 3.16. The van der Waals surface area contributed by atoms with Crippen LogP contribution in [0.1, 0.15) is 24.4 Å². The third-order valence-electron chi connectivity index (χ3n) is 2.91. The first-order chi connectivity index (χ1) is 8.54. The van der Waals surface area contributed by atoms with E-state index in [1.807, 2.05) is 20.9 Å². The quantitative estimate of drug-likeness (QED) is 0.942. The molecule has 0 aliphatic carbocycles. The normalized spacial score (nSPS) is 12.7. The number of benzene rings is 1. The van der Waals surface area contributed by atoms with Gasteiger partial charge in [0.1, 0.15) is 5.69 Å². The first kappa shape index (κ1) is 13.3. The molecule has 0 bridgehead atoms. The molecule has 6 heteroatoms. The lowest BCUT2D eigenvalue weighted by Crippen LogP contribution is -2.14. The summed E-state index contributed by atoms with van der Waals surface area (Å²) < 4.78 is 1.71. The van der Waals surface area contributed by atoms with Crippen LogP contribution in [-0.2, 0) is 0 Å². The molecule has 1 unspecified atom stereocenters. The fraction of sp³-hybridized carbons (Fsp3) is 0.333. The van der Waals surface area contributed by atoms with Crippen molar-refractivity contribution in [2.24, 2.45) is 0 Å². The van der Waals surface area contributed by atoms with Crippen molar-refractivity contribution in [2.75, 3.05) is 7.05 Å². The molecule has 0 radical (unpaired) electrons. The summed E-state index contributed by atoms with van der Waals surface area (Å²) in [7, 11) is 1.88. The van der Waals surface area contributed by atoms with Crippen molar-refractivity contribution >= 4 is 23.2 Å². The fourth-order valence-electron chi connectivity index (χ4n) is 1.75. The van der Waals surface area contributed by atoms with Crippen LogP contribution in [0.3, 0.4) is 0 Å². The highest BCUT2D eigenvalue weighted by Crippen LogP contribution is 2.26. The minimum absolute atomic E-state index is 0.136. The zero-order valence-corrected chi connectivity index (χ0v) is 11.9. The molecule has 0 saturated carbocycles. The van der Waals surface area contributed by atoms with E-state index in [4.69, 9.17) is 23.2 Å². The molecule has 0 saturated heterocycles. The second-order valence-corrected chi connectivity index (χ2v) is 4.92. The monoisotopic (exact) mass is 284 g/mol. The summed E-state index contributed by atoms with van der Waals surface area (Å²) in [5.74, 6) is 0. The van der Waals surface area contributed by atoms with Crippen LogP contribution in [0.25, 0.3) is 5.69 Å². The van der Waals surface area contributed by atoms with Crippen LogP contribution >= 0.6 is 23.2 Å². The van der Waals surface area contributed by atoms with E-state index in [1.54, 1.807) is 22.9 Å². The van der Waals surface area contributed by atoms with Crippen molar-refractivity contribution in [3.63, 3.8) is 0 Å². The molecule has 96 valence electrons. The molecule has 4 nitrogen and oxygen atoms in total. The molecule has 0 aliphatic rings. The zero-order valence-electron chi connectivity index (χ0n) is 10.4. The van der Waals surface area contributed by atoms with Gasteiger partial charge < -0.3 is 5.32 Å². The smallest absolute Gasteiger partial charge is 0.103 e. The predicted molar refractivity (Wildman–Crippen MR) is 73.6 cm³/mol. The van der Waals surface area contributed by atoms with Gasteiger partial charge in [0.05, 0.1) is 22.4 Å². The van der Waals surface area contributed by atoms with Crippen LogP contribution in [0.4, 0.5) is 0 Å². The number of hydrogen-bond donors (Lipinski definition) is 1. The summed E-state index contributed by atoms with van der Waals surface area (Å²) in [4.78, 5) is 0. The van der Waals surface area contributed by atoms with Crippen molar-refractivity contribution in [1.82, 2.24) is 20.3 Å². The molecule has 1 aromatic heterocycles. The maximum atomic E-state index is 6.16. The lowest BCUT2D eigenvalue weighted by molar-refractivity contribution is 0.627. The third kappa shape index (κ3) is 2.36. The Labute approximate surface area is 116 Å². The standard InChI is InChI=1S/C12H14Cl2N4/c1-7(15-3)12-8(2)18(17-16-12)11-6-9(13)4-5-10(11)14/h4-7,15H,1-3H3. The Bertz CT molecular complexity index is 565. The summed E-state index contributed by atoms with van der Waals surface area (Å²) in [6.45, 7) is 3.99. The maximum absolute atomic E-state index is 6.16. The van der Waals surface area contributed by atoms with Crippen LogP contribution in [0.15, 0.2) is 18.2 Å². The Hall–Kier alpha value is -1.10. The second-order valence-electron chi connectivity index (χ2n) is 4.08. The lowest BCUT2D eigenvalue weighted by atomic mass is 10.2. The number of rotatable bonds is 3. The first-order valence-corrected chi connectivity index (χ1v) is 6.35. The molecule has 0 spiro atoms. The van der Waals surface area contributed by atoms with Gasteiger partial charge in [-0.2, -0.15) is 0 Å². The fourth-order valence-corrected chi connectivity index (χ4v) is 2.12. The van der Waals surface area contributed by atoms with Crippen molar-refractivity contribution in [1.29, 1.82) is 0 Å². The Kier molecular flexibility index (Phi) is 3.90. The van der Waals surface area contributed by atoms with Gasteiger partial charge in [-0.05, 0) is 39.1 Å². The summed E-state index contributed by atoms with van der Waals surface area (Å²) >= 11 is 12.1. The molecule has 0 aliphatic heterocycles. The van der Waals surface area contributed by atoms with Crippen LogP contribution in [0.5, 0.6) is 0 Å². The van der Waals surface area contributed by atoms with Gasteiger partial charge >= 0.3 is 0 Å². The molecular weight excluding hydrogens is 271 g/mol. The molecule has 1 aromatic carbocycles. The third-order valence-corrected chi connectivity index (χ3v) is 3.46. The van der Waals surface area contributed by atoms with Gasteiger partial charge in [-0.3, -0.25) is 0 Å². The Morgan fingerprint density at radius 1 is 1.33 bits per heavy atom. The van der Waals surface area contributed by atoms with Gasteiger partial charge in [-0.1, -0.05) is 28.4 Å². The molecule has 1 atom stereocenters. The number of aromatic nitrogens is 3. The van der Waals surface area contributed by atoms with E-state index in [2.05, 4.69) is 15.6 Å². The number of hydrogen-bond acceptors (Lipinski definition) is 3. The Morgan fingerprint density at radius 2 is 2.06 bits per heavy atom. The highest BCUT2D eigenvalue weighted by molar-refractivity contribution is 6.34.